The minimum absolute atomic E-state index is 0. The van der Waals surface area contributed by atoms with Crippen molar-refractivity contribution < 1.29 is 35.5 Å². The first-order valence-corrected chi connectivity index (χ1v) is 18.4. The number of benzene rings is 4. The van der Waals surface area contributed by atoms with Gasteiger partial charge >= 0.3 is 37.7 Å². The van der Waals surface area contributed by atoms with E-state index in [9.17, 15) is 35.5 Å². The van der Waals surface area contributed by atoms with Gasteiger partial charge in [-0.15, -0.1) is 0 Å². The molecule has 21 heteroatoms. The molecule has 0 bridgehead atoms. The van der Waals surface area contributed by atoms with Gasteiger partial charge < -0.3 is 9.11 Å². The summed E-state index contributed by atoms with van der Waals surface area (Å²) >= 11 is 13.0. The monoisotopic (exact) mass is 820 g/mol. The molecule has 0 spiro atoms. The molecule has 16 nitrogen and oxygen atoms in total. The van der Waals surface area contributed by atoms with Crippen molar-refractivity contribution in [2.24, 2.45) is 30.7 Å². The molecule has 2 heterocycles. The number of carbonyl (C=O) groups is 2. The number of hydrazone groups is 2. The Kier molecular flexibility index (Phi) is 12.0. The van der Waals surface area contributed by atoms with Crippen LogP contribution in [0.15, 0.2) is 125 Å². The molecule has 6 rings (SSSR count). The number of amides is 2. The van der Waals surface area contributed by atoms with Gasteiger partial charge in [0.25, 0.3) is 11.8 Å². The van der Waals surface area contributed by atoms with Crippen LogP contribution in [0.1, 0.15) is 13.8 Å². The molecule has 2 aliphatic rings. The van der Waals surface area contributed by atoms with Gasteiger partial charge in [0.1, 0.15) is 31.6 Å². The second-order valence-electron chi connectivity index (χ2n) is 11.3. The smallest absolute Gasteiger partial charge is 0.744 e. The molecule has 2 aliphatic heterocycles. The second-order valence-corrected chi connectivity index (χ2v) is 14.8. The molecule has 2 amide bonds. The summed E-state index contributed by atoms with van der Waals surface area (Å²) in [6.45, 7) is 3.10. The van der Waals surface area contributed by atoms with Crippen LogP contribution < -0.4 is 10.0 Å². The summed E-state index contributed by atoms with van der Waals surface area (Å²) < 4.78 is 68.5. The molecule has 2 atom stereocenters. The number of anilines is 2. The topological polar surface area (TPSA) is 229 Å². The van der Waals surface area contributed by atoms with E-state index in [-0.39, 0.29) is 82.0 Å². The van der Waals surface area contributed by atoms with Crippen molar-refractivity contribution in [3.63, 3.8) is 0 Å². The van der Waals surface area contributed by atoms with Crippen LogP contribution in [0, 0.1) is 0 Å². The third kappa shape index (κ3) is 8.72. The van der Waals surface area contributed by atoms with Crippen LogP contribution in [-0.2, 0) is 29.8 Å². The van der Waals surface area contributed by atoms with Gasteiger partial charge in [-0.3, -0.25) is 9.59 Å². The molecule has 4 aromatic carbocycles. The molecule has 0 aliphatic carbocycles. The van der Waals surface area contributed by atoms with Gasteiger partial charge in [-0.25, -0.2) is 16.8 Å². The quantitative estimate of drug-likeness (QED) is 0.113. The van der Waals surface area contributed by atoms with E-state index in [1.54, 1.807) is 50.2 Å². The minimum Gasteiger partial charge on any atom is -0.744 e. The molecule has 0 saturated carbocycles. The number of azo groups is 2. The maximum Gasteiger partial charge on any atom is 2.00 e. The third-order valence-corrected chi connectivity index (χ3v) is 9.95. The van der Waals surface area contributed by atoms with Crippen molar-refractivity contribution in [2.45, 2.75) is 35.7 Å². The summed E-state index contributed by atoms with van der Waals surface area (Å²) in [5, 5.41) is 27.1. The molecule has 0 N–H and O–H groups in total. The van der Waals surface area contributed by atoms with Crippen molar-refractivity contribution in [1.82, 2.24) is 0 Å². The SMILES string of the molecule is CC1=NN(c2cccc(S(=O)(=O)[O-])c2)C(=O)C1N=Nc1ccc(-c2ccc(N=NC3C(=O)N(c4cccc(S(=O)(=O)[O-])c4)N=C3C)c(Cl)c2)cc1Cl.[Ca+2]. The first-order chi connectivity index (χ1) is 24.5. The predicted molar refractivity (Wildman–Crippen MR) is 194 cm³/mol. The molecular weight excluding hydrogens is 800 g/mol. The fourth-order valence-corrected chi connectivity index (χ4v) is 6.52. The van der Waals surface area contributed by atoms with E-state index >= 15 is 0 Å². The van der Waals surface area contributed by atoms with Gasteiger partial charge in [0.15, 0.2) is 12.1 Å². The molecule has 0 saturated heterocycles. The van der Waals surface area contributed by atoms with Gasteiger partial charge in [-0.05, 0) is 85.6 Å². The van der Waals surface area contributed by atoms with Crippen LogP contribution in [-0.4, -0.2) is 99.0 Å². The average Bonchev–Trinajstić information content (AvgIpc) is 3.54. The standard InChI is InChI=1S/C32H24Cl2N8O8S2.Ca/c1-17-29(31(43)41(39-17)21-5-3-7-23(15-21)51(45,46)47)37-35-27-11-9-19(13-25(27)33)20-10-12-28(26(34)14-20)36-38-30-18(2)40-42(32(30)44)22-6-4-8-24(16-22)52(48,49)50;/h3-16,29-30H,1-2H3,(H,45,46,47)(H,48,49,50);/q;+2/p-2. The van der Waals surface area contributed by atoms with Crippen molar-refractivity contribution in [2.75, 3.05) is 10.0 Å². The normalized spacial score (nSPS) is 17.8. The Morgan fingerprint density at radius 3 is 1.34 bits per heavy atom. The van der Waals surface area contributed by atoms with Crippen molar-refractivity contribution in [3.8, 4) is 11.1 Å². The van der Waals surface area contributed by atoms with Crippen LogP contribution in [0.2, 0.25) is 10.0 Å². The van der Waals surface area contributed by atoms with Gasteiger partial charge in [-0.2, -0.15) is 40.7 Å². The van der Waals surface area contributed by atoms with Crippen molar-refractivity contribution >= 4 is 127 Å². The van der Waals surface area contributed by atoms with Gasteiger partial charge in [0, 0.05) is 0 Å². The summed E-state index contributed by atoms with van der Waals surface area (Å²) in [7, 11) is -9.50. The Hall–Kier alpha value is -3.98. The van der Waals surface area contributed by atoms with E-state index in [0.29, 0.717) is 11.1 Å². The van der Waals surface area contributed by atoms with E-state index in [4.69, 9.17) is 23.2 Å². The van der Waals surface area contributed by atoms with Crippen LogP contribution in [0.4, 0.5) is 22.7 Å². The summed E-state index contributed by atoms with van der Waals surface area (Å²) in [5.41, 5.74) is 2.51. The molecular formula is C32H22CaCl2N8O8S2. The Labute approximate surface area is 342 Å². The van der Waals surface area contributed by atoms with Crippen molar-refractivity contribution in [1.29, 1.82) is 0 Å². The number of rotatable bonds is 9. The largest absolute Gasteiger partial charge is 2.00 e. The zero-order valence-electron chi connectivity index (χ0n) is 27.4. The molecule has 2 unspecified atom stereocenters. The maximum absolute atomic E-state index is 13.1. The van der Waals surface area contributed by atoms with E-state index in [0.717, 1.165) is 34.3 Å². The second kappa shape index (κ2) is 15.8. The third-order valence-electron chi connectivity index (χ3n) is 7.68. The summed E-state index contributed by atoms with van der Waals surface area (Å²) in [6, 6.07) is 17.4. The Morgan fingerprint density at radius 2 is 1.00 bits per heavy atom. The first-order valence-electron chi connectivity index (χ1n) is 14.8. The molecule has 4 aromatic rings. The predicted octanol–water partition coefficient (Wildman–Crippen LogP) is 5.84. The number of hydrogen-bond donors (Lipinski definition) is 0. The van der Waals surface area contributed by atoms with E-state index in [1.165, 1.54) is 24.3 Å². The fraction of sp³-hybridized carbons (Fsp3) is 0.125. The number of halogens is 2. The van der Waals surface area contributed by atoms with Gasteiger partial charge in [0.05, 0.1) is 42.6 Å². The molecule has 266 valence electrons. The number of hydrogen-bond acceptors (Lipinski definition) is 14. The van der Waals surface area contributed by atoms with Crippen LogP contribution >= 0.6 is 23.2 Å². The molecule has 0 aromatic heterocycles. The molecule has 53 heavy (non-hydrogen) atoms. The van der Waals surface area contributed by atoms with Crippen LogP contribution in [0.5, 0.6) is 0 Å². The minimum atomic E-state index is -4.75. The number of nitrogens with zero attached hydrogens (tertiary/aromatic N) is 8. The van der Waals surface area contributed by atoms with Crippen LogP contribution in [0.3, 0.4) is 0 Å². The Balaban J connectivity index is 0.00000541. The summed E-state index contributed by atoms with van der Waals surface area (Å²) in [6.07, 6.45) is 0. The Bertz CT molecular complexity index is 2340. The van der Waals surface area contributed by atoms with E-state index < -0.39 is 53.9 Å². The van der Waals surface area contributed by atoms with Crippen LogP contribution in [0.25, 0.3) is 11.1 Å². The zero-order chi connectivity index (χ0) is 37.5. The molecule has 0 radical (unpaired) electrons. The van der Waals surface area contributed by atoms with E-state index in [1.807, 2.05) is 0 Å². The zero-order valence-corrected chi connectivity index (χ0v) is 32.7. The Morgan fingerprint density at radius 1 is 0.623 bits per heavy atom. The van der Waals surface area contributed by atoms with E-state index in [2.05, 4.69) is 30.7 Å². The summed E-state index contributed by atoms with van der Waals surface area (Å²) in [4.78, 5) is 25.1. The maximum atomic E-state index is 13.1. The fourth-order valence-electron chi connectivity index (χ4n) is 5.06. The average molecular weight is 822 g/mol. The number of carbonyl (C=O) groups excluding carboxylic acids is 2. The summed E-state index contributed by atoms with van der Waals surface area (Å²) in [5.74, 6) is -1.22. The van der Waals surface area contributed by atoms with Gasteiger partial charge in [0.2, 0.25) is 0 Å². The first kappa shape index (κ1) is 40.2. The van der Waals surface area contributed by atoms with Crippen molar-refractivity contribution in [3.05, 3.63) is 95.0 Å². The molecule has 0 fully saturated rings. The van der Waals surface area contributed by atoms with Gasteiger partial charge in [-0.1, -0.05) is 47.5 Å².